The number of amides is 2. The monoisotopic (exact) mass is 567 g/mol. The Balaban J connectivity index is 1.63. The first-order chi connectivity index (χ1) is 18.2. The van der Waals surface area contributed by atoms with Gasteiger partial charge in [-0.1, -0.05) is 59.6 Å². The van der Waals surface area contributed by atoms with Crippen molar-refractivity contribution in [3.8, 4) is 0 Å². The van der Waals surface area contributed by atoms with Crippen molar-refractivity contribution in [2.75, 3.05) is 17.9 Å². The average molecular weight is 568 g/mol. The number of hydrogen-bond acceptors (Lipinski definition) is 5. The highest BCUT2D eigenvalue weighted by atomic mass is 35.5. The van der Waals surface area contributed by atoms with E-state index >= 15 is 0 Å². The van der Waals surface area contributed by atoms with Gasteiger partial charge < -0.3 is 20.0 Å². The molecule has 10 heteroatoms. The Kier molecular flexibility index (Phi) is 8.78. The van der Waals surface area contributed by atoms with Crippen LogP contribution in [0.2, 0.25) is 10.0 Å². The molecule has 0 fully saturated rings. The largest absolute Gasteiger partial charge is 0.480 e. The molecule has 0 bridgehead atoms. The summed E-state index contributed by atoms with van der Waals surface area (Å²) in [7, 11) is 1.56. The number of nitrogens with one attached hydrogen (secondary N) is 2. The van der Waals surface area contributed by atoms with Crippen LogP contribution in [0, 0.1) is 0 Å². The van der Waals surface area contributed by atoms with E-state index < -0.39 is 5.97 Å². The minimum absolute atomic E-state index is 0.205. The molecule has 0 unspecified atom stereocenters. The Bertz CT molecular complexity index is 1510. The van der Waals surface area contributed by atoms with Crippen molar-refractivity contribution in [2.24, 2.45) is 0 Å². The van der Waals surface area contributed by atoms with Crippen LogP contribution in [0.25, 0.3) is 10.8 Å². The number of anilines is 1. The van der Waals surface area contributed by atoms with E-state index in [0.29, 0.717) is 42.5 Å². The van der Waals surface area contributed by atoms with Crippen molar-refractivity contribution in [1.29, 1.82) is 0 Å². The maximum atomic E-state index is 13.2. The number of carbonyl (C=O) groups excluding carboxylic acids is 2. The summed E-state index contributed by atoms with van der Waals surface area (Å²) in [6.07, 6.45) is 0. The first kappa shape index (κ1) is 27.3. The van der Waals surface area contributed by atoms with Gasteiger partial charge in [-0.25, -0.2) is 0 Å². The highest BCUT2D eigenvalue weighted by Crippen LogP contribution is 2.37. The van der Waals surface area contributed by atoms with E-state index in [2.05, 4.69) is 10.6 Å². The summed E-state index contributed by atoms with van der Waals surface area (Å²) in [5.41, 5.74) is 2.35. The lowest BCUT2D eigenvalue weighted by atomic mass is 10.0. The molecule has 0 aromatic heterocycles. The van der Waals surface area contributed by atoms with Crippen LogP contribution >= 0.6 is 35.1 Å². The molecule has 0 heterocycles. The molecule has 0 atom stereocenters. The fourth-order valence-corrected chi connectivity index (χ4v) is 5.65. The Labute approximate surface area is 233 Å². The molecule has 0 saturated heterocycles. The molecule has 194 valence electrons. The SMILES string of the molecule is CNC(=O)c1cccc(CNC(=O)c2cccc3c(N(CC(=O)O)Sc4cc(Cl)cc(Cl)c4)cccc23)c1. The number of rotatable bonds is 9. The molecule has 4 aromatic rings. The van der Waals surface area contributed by atoms with Crippen molar-refractivity contribution in [3.05, 3.63) is 106 Å². The molecule has 2 amide bonds. The van der Waals surface area contributed by atoms with Gasteiger partial charge in [0, 0.05) is 45.0 Å². The van der Waals surface area contributed by atoms with Crippen molar-refractivity contribution in [2.45, 2.75) is 11.4 Å². The fraction of sp³-hybridized carbons (Fsp3) is 0.107. The zero-order valence-electron chi connectivity index (χ0n) is 20.2. The molecule has 0 spiro atoms. The third-order valence-electron chi connectivity index (χ3n) is 5.61. The zero-order valence-corrected chi connectivity index (χ0v) is 22.5. The van der Waals surface area contributed by atoms with Crippen molar-refractivity contribution >= 4 is 69.4 Å². The van der Waals surface area contributed by atoms with Crippen LogP contribution in [-0.2, 0) is 11.3 Å². The average Bonchev–Trinajstić information content (AvgIpc) is 2.89. The number of nitrogens with zero attached hydrogens (tertiary/aromatic N) is 1. The lowest BCUT2D eigenvalue weighted by Gasteiger charge is -2.23. The molecule has 0 radical (unpaired) electrons. The van der Waals surface area contributed by atoms with E-state index in [9.17, 15) is 19.5 Å². The van der Waals surface area contributed by atoms with Crippen molar-refractivity contribution in [1.82, 2.24) is 10.6 Å². The number of carbonyl (C=O) groups is 3. The van der Waals surface area contributed by atoms with Gasteiger partial charge in [0.15, 0.2) is 0 Å². The van der Waals surface area contributed by atoms with Crippen LogP contribution in [0.15, 0.2) is 83.8 Å². The van der Waals surface area contributed by atoms with Gasteiger partial charge in [-0.05, 0) is 65.4 Å². The van der Waals surface area contributed by atoms with Gasteiger partial charge in [-0.3, -0.25) is 14.4 Å². The number of hydrogen-bond donors (Lipinski definition) is 3. The Morgan fingerprint density at radius 1 is 0.868 bits per heavy atom. The highest BCUT2D eigenvalue weighted by Gasteiger charge is 2.19. The van der Waals surface area contributed by atoms with Gasteiger partial charge in [-0.2, -0.15) is 0 Å². The molecule has 4 rings (SSSR count). The topological polar surface area (TPSA) is 98.7 Å². The third kappa shape index (κ3) is 6.58. The molecular weight excluding hydrogens is 545 g/mol. The second-order valence-corrected chi connectivity index (χ2v) is 10.2. The summed E-state index contributed by atoms with van der Waals surface area (Å²) >= 11 is 13.5. The summed E-state index contributed by atoms with van der Waals surface area (Å²) in [6.45, 7) is -0.0672. The standard InChI is InChI=1S/C28H23Cl2N3O4S/c1-31-27(36)18-6-2-5-17(11-18)15-32-28(37)24-9-3-8-23-22(24)7-4-10-25(23)33(16-26(34)35)38-21-13-19(29)12-20(30)14-21/h2-14H,15-16H2,1H3,(H,31,36)(H,32,37)(H,34,35). The van der Waals surface area contributed by atoms with Crippen LogP contribution in [-0.4, -0.2) is 36.5 Å². The Hall–Kier alpha value is -3.72. The van der Waals surface area contributed by atoms with Crippen molar-refractivity contribution in [3.63, 3.8) is 0 Å². The maximum Gasteiger partial charge on any atom is 0.324 e. The highest BCUT2D eigenvalue weighted by molar-refractivity contribution is 8.00. The minimum atomic E-state index is -1.02. The van der Waals surface area contributed by atoms with E-state index in [4.69, 9.17) is 23.2 Å². The lowest BCUT2D eigenvalue weighted by molar-refractivity contribution is -0.135. The molecule has 3 N–H and O–H groups in total. The summed E-state index contributed by atoms with van der Waals surface area (Å²) in [5, 5.41) is 17.4. The molecule has 0 saturated carbocycles. The number of halogens is 2. The van der Waals surface area contributed by atoms with Gasteiger partial charge >= 0.3 is 5.97 Å². The molecule has 4 aromatic carbocycles. The zero-order chi connectivity index (χ0) is 27.2. The van der Waals surface area contributed by atoms with Crippen LogP contribution in [0.4, 0.5) is 5.69 Å². The molecule has 38 heavy (non-hydrogen) atoms. The van der Waals surface area contributed by atoms with Crippen molar-refractivity contribution < 1.29 is 19.5 Å². The van der Waals surface area contributed by atoms with E-state index in [-0.39, 0.29) is 24.9 Å². The molecule has 0 aliphatic carbocycles. The van der Waals surface area contributed by atoms with Gasteiger partial charge in [0.05, 0.1) is 5.69 Å². The Morgan fingerprint density at radius 3 is 2.26 bits per heavy atom. The first-order valence-electron chi connectivity index (χ1n) is 11.5. The van der Waals surface area contributed by atoms with Crippen LogP contribution < -0.4 is 14.9 Å². The number of aliphatic carboxylic acids is 1. The molecular formula is C28H23Cl2N3O4S. The summed E-state index contributed by atoms with van der Waals surface area (Å²) in [4.78, 5) is 37.5. The normalized spacial score (nSPS) is 10.7. The fourth-order valence-electron chi connectivity index (χ4n) is 3.95. The lowest BCUT2D eigenvalue weighted by Crippen LogP contribution is -2.24. The predicted octanol–water partition coefficient (Wildman–Crippen LogP) is 6.03. The van der Waals surface area contributed by atoms with E-state index in [1.807, 2.05) is 18.2 Å². The van der Waals surface area contributed by atoms with E-state index in [0.717, 1.165) is 5.56 Å². The van der Waals surface area contributed by atoms with Gasteiger partial charge in [-0.15, -0.1) is 0 Å². The molecule has 0 aliphatic heterocycles. The summed E-state index contributed by atoms with van der Waals surface area (Å²) in [6, 6.07) is 22.7. The summed E-state index contributed by atoms with van der Waals surface area (Å²) in [5.74, 6) is -1.52. The Morgan fingerprint density at radius 2 is 1.55 bits per heavy atom. The van der Waals surface area contributed by atoms with Gasteiger partial charge in [0.1, 0.15) is 6.54 Å². The molecule has 0 aliphatic rings. The minimum Gasteiger partial charge on any atom is -0.480 e. The number of fused-ring (bicyclic) bond motifs is 1. The van der Waals surface area contributed by atoms with Gasteiger partial charge in [0.25, 0.3) is 11.8 Å². The smallest absolute Gasteiger partial charge is 0.324 e. The summed E-state index contributed by atoms with van der Waals surface area (Å²) < 4.78 is 1.62. The van der Waals surface area contributed by atoms with Crippen LogP contribution in [0.3, 0.4) is 0 Å². The van der Waals surface area contributed by atoms with E-state index in [1.165, 1.54) is 11.9 Å². The first-order valence-corrected chi connectivity index (χ1v) is 13.0. The van der Waals surface area contributed by atoms with E-state index in [1.54, 1.807) is 72.0 Å². The van der Waals surface area contributed by atoms with Crippen LogP contribution in [0.1, 0.15) is 26.3 Å². The second-order valence-electron chi connectivity index (χ2n) is 8.27. The number of carboxylic acids is 1. The maximum absolute atomic E-state index is 13.2. The second kappa shape index (κ2) is 12.2. The predicted molar refractivity (Wildman–Crippen MR) is 152 cm³/mol. The van der Waals surface area contributed by atoms with Gasteiger partial charge in [0.2, 0.25) is 0 Å². The molecule has 7 nitrogen and oxygen atoms in total. The number of carboxylic acid groups (broad SMARTS) is 1. The number of benzene rings is 4. The van der Waals surface area contributed by atoms with Crippen LogP contribution in [0.5, 0.6) is 0 Å². The quantitative estimate of drug-likeness (QED) is 0.213. The third-order valence-corrected chi connectivity index (χ3v) is 7.04.